The van der Waals surface area contributed by atoms with Gasteiger partial charge in [-0.25, -0.2) is 15.0 Å². The van der Waals surface area contributed by atoms with Gasteiger partial charge in [-0.15, -0.1) is 0 Å². The standard InChI is InChI=1S/C29H26F3N5O2S/c1-17(2)37-13-5-6-21(37)11-9-19-14-20(29(30,31)32)10-12-22(19)23-15-26(34-16-33-23)39-24-7-4-8-25-27(24)36-28(40-25)35-18(3)38/h4,7-8,10,12,14-17,21H,5-6,13H2,1-3H3,(H,35,36,38). The van der Waals surface area contributed by atoms with E-state index in [1.165, 1.54) is 30.7 Å². The number of rotatable bonds is 5. The van der Waals surface area contributed by atoms with Crippen molar-refractivity contribution in [1.29, 1.82) is 0 Å². The van der Waals surface area contributed by atoms with Crippen LogP contribution in [0.1, 0.15) is 44.7 Å². The largest absolute Gasteiger partial charge is 0.437 e. The number of alkyl halides is 3. The van der Waals surface area contributed by atoms with Crippen molar-refractivity contribution in [2.45, 2.75) is 51.9 Å². The Hall–Kier alpha value is -4.01. The molecule has 11 heteroatoms. The molecule has 0 radical (unpaired) electrons. The monoisotopic (exact) mass is 565 g/mol. The van der Waals surface area contributed by atoms with E-state index >= 15 is 0 Å². The Morgan fingerprint density at radius 3 is 2.77 bits per heavy atom. The van der Waals surface area contributed by atoms with Gasteiger partial charge in [-0.05, 0) is 57.5 Å². The van der Waals surface area contributed by atoms with Gasteiger partial charge in [-0.2, -0.15) is 13.2 Å². The number of benzene rings is 2. The molecular weight excluding hydrogens is 539 g/mol. The van der Waals surface area contributed by atoms with E-state index in [-0.39, 0.29) is 23.4 Å². The van der Waals surface area contributed by atoms with Gasteiger partial charge < -0.3 is 10.1 Å². The number of nitrogens with zero attached hydrogens (tertiary/aromatic N) is 4. The summed E-state index contributed by atoms with van der Waals surface area (Å²) in [6.45, 7) is 6.49. The molecule has 0 saturated carbocycles. The number of amides is 1. The van der Waals surface area contributed by atoms with Crippen LogP contribution >= 0.6 is 11.3 Å². The molecule has 1 atom stereocenters. The maximum absolute atomic E-state index is 13.6. The zero-order valence-corrected chi connectivity index (χ0v) is 22.9. The lowest BCUT2D eigenvalue weighted by Gasteiger charge is -2.24. The quantitative estimate of drug-likeness (QED) is 0.270. The average molecular weight is 566 g/mol. The number of carbonyl (C=O) groups is 1. The van der Waals surface area contributed by atoms with Crippen LogP contribution in [0.15, 0.2) is 48.8 Å². The molecule has 1 fully saturated rings. The SMILES string of the molecule is CC(=O)Nc1nc2c(Oc3cc(-c4ccc(C(F)(F)F)cc4C#CC4CCCN4C(C)C)ncn3)cccc2s1. The zero-order valence-electron chi connectivity index (χ0n) is 22.0. The van der Waals surface area contributed by atoms with E-state index in [1.54, 1.807) is 18.2 Å². The van der Waals surface area contributed by atoms with Crippen molar-refractivity contribution in [1.82, 2.24) is 19.9 Å². The third-order valence-corrected chi connectivity index (χ3v) is 7.41. The minimum atomic E-state index is -4.51. The Bertz CT molecular complexity index is 1620. The molecule has 5 rings (SSSR count). The third-order valence-electron chi connectivity index (χ3n) is 6.48. The highest BCUT2D eigenvalue weighted by atomic mass is 32.1. The topological polar surface area (TPSA) is 80.2 Å². The van der Waals surface area contributed by atoms with Gasteiger partial charge in [0.15, 0.2) is 10.9 Å². The Morgan fingerprint density at radius 1 is 1.20 bits per heavy atom. The molecule has 1 unspecified atom stereocenters. The first kappa shape index (κ1) is 27.6. The number of likely N-dealkylation sites (tertiary alicyclic amines) is 1. The first-order valence-electron chi connectivity index (χ1n) is 12.7. The highest BCUT2D eigenvalue weighted by Crippen LogP contribution is 2.36. The van der Waals surface area contributed by atoms with Gasteiger partial charge in [0.25, 0.3) is 0 Å². The van der Waals surface area contributed by atoms with Gasteiger partial charge in [0.2, 0.25) is 11.8 Å². The van der Waals surface area contributed by atoms with Crippen molar-refractivity contribution in [2.24, 2.45) is 0 Å². The summed E-state index contributed by atoms with van der Waals surface area (Å²) in [6, 6.07) is 10.7. The number of fused-ring (bicyclic) bond motifs is 1. The van der Waals surface area contributed by atoms with Gasteiger partial charge in [0.05, 0.1) is 22.0 Å². The molecule has 0 bridgehead atoms. The van der Waals surface area contributed by atoms with Crippen molar-refractivity contribution in [3.63, 3.8) is 0 Å². The molecule has 1 aliphatic rings. The Kier molecular flexibility index (Phi) is 7.74. The fourth-order valence-corrected chi connectivity index (χ4v) is 5.56. The van der Waals surface area contributed by atoms with Gasteiger partial charge >= 0.3 is 6.18 Å². The van der Waals surface area contributed by atoms with Crippen LogP contribution in [0, 0.1) is 11.8 Å². The number of anilines is 1. The molecule has 0 spiro atoms. The minimum absolute atomic E-state index is 0.0207. The van der Waals surface area contributed by atoms with Crippen LogP contribution in [-0.4, -0.2) is 44.4 Å². The average Bonchev–Trinajstić information content (AvgIpc) is 3.54. The number of nitrogens with one attached hydrogen (secondary N) is 1. The number of aromatic nitrogens is 3. The van der Waals surface area contributed by atoms with Gasteiger partial charge in [-0.1, -0.05) is 35.3 Å². The van der Waals surface area contributed by atoms with E-state index in [4.69, 9.17) is 4.74 Å². The fraction of sp³-hybridized carbons (Fsp3) is 0.310. The maximum atomic E-state index is 13.6. The van der Waals surface area contributed by atoms with E-state index in [1.807, 2.05) is 6.07 Å². The molecular formula is C29H26F3N5O2S. The van der Waals surface area contributed by atoms with E-state index in [9.17, 15) is 18.0 Å². The van der Waals surface area contributed by atoms with Crippen LogP contribution in [0.25, 0.3) is 21.5 Å². The fourth-order valence-electron chi connectivity index (χ4n) is 4.64. The van der Waals surface area contributed by atoms with Crippen LogP contribution in [0.5, 0.6) is 11.6 Å². The molecule has 40 heavy (non-hydrogen) atoms. The van der Waals surface area contributed by atoms with Crippen molar-refractivity contribution in [3.05, 3.63) is 59.9 Å². The predicted molar refractivity (Wildman–Crippen MR) is 148 cm³/mol. The molecule has 1 amide bonds. The number of para-hydroxylation sites is 1. The molecule has 1 aliphatic heterocycles. The molecule has 4 aromatic rings. The lowest BCUT2D eigenvalue weighted by Crippen LogP contribution is -2.34. The molecule has 0 aliphatic carbocycles. The van der Waals surface area contributed by atoms with Gasteiger partial charge in [0, 0.05) is 30.2 Å². The normalized spacial score (nSPS) is 15.7. The summed E-state index contributed by atoms with van der Waals surface area (Å²) >= 11 is 1.31. The second kappa shape index (κ2) is 11.2. The molecule has 206 valence electrons. The van der Waals surface area contributed by atoms with E-state index < -0.39 is 11.7 Å². The van der Waals surface area contributed by atoms with Crippen LogP contribution in [0.4, 0.5) is 18.3 Å². The Balaban J connectivity index is 1.50. The number of carbonyl (C=O) groups excluding carboxylic acids is 1. The van der Waals surface area contributed by atoms with E-state index in [2.05, 4.69) is 50.9 Å². The second-order valence-corrected chi connectivity index (χ2v) is 10.7. The second-order valence-electron chi connectivity index (χ2n) is 9.66. The molecule has 2 aromatic carbocycles. The van der Waals surface area contributed by atoms with Crippen molar-refractivity contribution >= 4 is 32.6 Å². The number of thiazole rings is 1. The molecule has 2 aromatic heterocycles. The first-order chi connectivity index (χ1) is 19.1. The highest BCUT2D eigenvalue weighted by Gasteiger charge is 2.31. The molecule has 7 nitrogen and oxygen atoms in total. The number of ether oxygens (including phenoxy) is 1. The lowest BCUT2D eigenvalue weighted by atomic mass is 10.0. The predicted octanol–water partition coefficient (Wildman–Crippen LogP) is 6.75. The zero-order chi connectivity index (χ0) is 28.4. The molecule has 3 heterocycles. The van der Waals surface area contributed by atoms with Crippen molar-refractivity contribution < 1.29 is 22.7 Å². The summed E-state index contributed by atoms with van der Waals surface area (Å²) < 4.78 is 47.6. The van der Waals surface area contributed by atoms with Crippen molar-refractivity contribution in [2.75, 3.05) is 11.9 Å². The van der Waals surface area contributed by atoms with Gasteiger partial charge in [0.1, 0.15) is 11.8 Å². The first-order valence-corrected chi connectivity index (χ1v) is 13.6. The summed E-state index contributed by atoms with van der Waals surface area (Å²) in [5.41, 5.74) is 0.824. The molecule has 1 N–H and O–H groups in total. The van der Waals surface area contributed by atoms with Crippen LogP contribution < -0.4 is 10.1 Å². The smallest absolute Gasteiger partial charge is 0.416 e. The summed E-state index contributed by atoms with van der Waals surface area (Å²) in [5, 5.41) is 3.11. The molecule has 1 saturated heterocycles. The number of halogens is 3. The Labute approximate surface area is 233 Å². The van der Waals surface area contributed by atoms with Crippen LogP contribution in [0.3, 0.4) is 0 Å². The summed E-state index contributed by atoms with van der Waals surface area (Å²) in [6.07, 6.45) is -1.34. The summed E-state index contributed by atoms with van der Waals surface area (Å²) in [4.78, 5) is 26.7. The maximum Gasteiger partial charge on any atom is 0.416 e. The van der Waals surface area contributed by atoms with Crippen LogP contribution in [0.2, 0.25) is 0 Å². The van der Waals surface area contributed by atoms with E-state index in [0.29, 0.717) is 33.7 Å². The third kappa shape index (κ3) is 6.08. The lowest BCUT2D eigenvalue weighted by molar-refractivity contribution is -0.137. The van der Waals surface area contributed by atoms with Crippen molar-refractivity contribution in [3.8, 4) is 34.7 Å². The highest BCUT2D eigenvalue weighted by molar-refractivity contribution is 7.22. The summed E-state index contributed by atoms with van der Waals surface area (Å²) in [7, 11) is 0. The van der Waals surface area contributed by atoms with E-state index in [0.717, 1.165) is 36.2 Å². The van der Waals surface area contributed by atoms with Crippen LogP contribution in [-0.2, 0) is 11.0 Å². The number of hydrogen-bond donors (Lipinski definition) is 1. The number of hydrogen-bond acceptors (Lipinski definition) is 7. The summed E-state index contributed by atoms with van der Waals surface area (Å²) in [5.74, 6) is 6.60. The minimum Gasteiger partial charge on any atom is -0.437 e. The van der Waals surface area contributed by atoms with Gasteiger partial charge in [-0.3, -0.25) is 9.69 Å². The Morgan fingerprint density at radius 2 is 2.02 bits per heavy atom.